The second kappa shape index (κ2) is 5.10. The normalized spacial score (nSPS) is 9.92. The van der Waals surface area contributed by atoms with E-state index in [4.69, 9.17) is 16.3 Å². The molecule has 0 aliphatic heterocycles. The first-order valence-corrected chi connectivity index (χ1v) is 5.67. The Morgan fingerprint density at radius 2 is 2.17 bits per heavy atom. The SMILES string of the molecule is Clc1ccc(Br)c(OCCBr)c1. The van der Waals surface area contributed by atoms with Crippen molar-refractivity contribution in [3.05, 3.63) is 27.7 Å². The zero-order valence-electron chi connectivity index (χ0n) is 6.19. The molecule has 1 rings (SSSR count). The molecule has 0 N–H and O–H groups in total. The van der Waals surface area contributed by atoms with E-state index in [0.29, 0.717) is 11.6 Å². The highest BCUT2D eigenvalue weighted by molar-refractivity contribution is 9.10. The number of hydrogen-bond acceptors (Lipinski definition) is 1. The van der Waals surface area contributed by atoms with E-state index in [2.05, 4.69) is 31.9 Å². The first-order valence-electron chi connectivity index (χ1n) is 3.38. The molecule has 0 spiro atoms. The van der Waals surface area contributed by atoms with Gasteiger partial charge in [-0.25, -0.2) is 0 Å². The van der Waals surface area contributed by atoms with Crippen LogP contribution < -0.4 is 4.74 Å². The third kappa shape index (κ3) is 2.96. The molecule has 0 amide bonds. The molecule has 66 valence electrons. The summed E-state index contributed by atoms with van der Waals surface area (Å²) in [7, 11) is 0. The molecule has 0 saturated carbocycles. The van der Waals surface area contributed by atoms with Crippen molar-refractivity contribution in [2.75, 3.05) is 11.9 Å². The number of halogens is 3. The molecule has 0 aliphatic rings. The maximum absolute atomic E-state index is 5.78. The van der Waals surface area contributed by atoms with Crippen LogP contribution in [-0.2, 0) is 0 Å². The minimum absolute atomic E-state index is 0.638. The van der Waals surface area contributed by atoms with Crippen molar-refractivity contribution in [1.29, 1.82) is 0 Å². The molecule has 0 aromatic heterocycles. The van der Waals surface area contributed by atoms with Gasteiger partial charge in [0.05, 0.1) is 11.1 Å². The average Bonchev–Trinajstić information content (AvgIpc) is 2.07. The summed E-state index contributed by atoms with van der Waals surface area (Å²) in [6.45, 7) is 0.638. The van der Waals surface area contributed by atoms with Crippen LogP contribution >= 0.6 is 43.5 Å². The van der Waals surface area contributed by atoms with Crippen LogP contribution in [0.4, 0.5) is 0 Å². The van der Waals surface area contributed by atoms with E-state index in [1.807, 2.05) is 12.1 Å². The van der Waals surface area contributed by atoms with Gasteiger partial charge in [0.15, 0.2) is 0 Å². The molecule has 0 atom stereocenters. The first-order chi connectivity index (χ1) is 5.74. The molecule has 0 fully saturated rings. The van der Waals surface area contributed by atoms with Gasteiger partial charge < -0.3 is 4.74 Å². The molecule has 12 heavy (non-hydrogen) atoms. The maximum atomic E-state index is 5.78. The van der Waals surface area contributed by atoms with Gasteiger partial charge in [-0.05, 0) is 34.1 Å². The van der Waals surface area contributed by atoms with Crippen molar-refractivity contribution in [3.8, 4) is 5.75 Å². The van der Waals surface area contributed by atoms with Crippen LogP contribution in [0.2, 0.25) is 5.02 Å². The lowest BCUT2D eigenvalue weighted by atomic mass is 10.3. The first kappa shape index (κ1) is 10.4. The molecule has 0 saturated heterocycles. The highest BCUT2D eigenvalue weighted by Gasteiger charge is 2.00. The van der Waals surface area contributed by atoms with Gasteiger partial charge in [-0.15, -0.1) is 0 Å². The smallest absolute Gasteiger partial charge is 0.134 e. The zero-order chi connectivity index (χ0) is 8.97. The lowest BCUT2D eigenvalue weighted by Gasteiger charge is -2.05. The summed E-state index contributed by atoms with van der Waals surface area (Å²) in [5.41, 5.74) is 0. The van der Waals surface area contributed by atoms with Crippen LogP contribution in [0.15, 0.2) is 22.7 Å². The van der Waals surface area contributed by atoms with Crippen molar-refractivity contribution >= 4 is 43.5 Å². The lowest BCUT2D eigenvalue weighted by molar-refractivity contribution is 0.343. The van der Waals surface area contributed by atoms with Crippen molar-refractivity contribution in [1.82, 2.24) is 0 Å². The Labute approximate surface area is 93.3 Å². The molecule has 0 unspecified atom stereocenters. The second-order valence-corrected chi connectivity index (χ2v) is 4.20. The summed E-state index contributed by atoms with van der Waals surface area (Å²) in [5.74, 6) is 0.780. The van der Waals surface area contributed by atoms with E-state index < -0.39 is 0 Å². The minimum atomic E-state index is 0.638. The molecule has 1 aromatic rings. The van der Waals surface area contributed by atoms with Crippen molar-refractivity contribution < 1.29 is 4.74 Å². The van der Waals surface area contributed by atoms with Gasteiger partial charge in [0, 0.05) is 10.4 Å². The highest BCUT2D eigenvalue weighted by Crippen LogP contribution is 2.27. The fourth-order valence-corrected chi connectivity index (χ4v) is 1.42. The number of ether oxygens (including phenoxy) is 1. The lowest BCUT2D eigenvalue weighted by Crippen LogP contribution is -1.97. The van der Waals surface area contributed by atoms with Gasteiger partial charge in [0.2, 0.25) is 0 Å². The molecular weight excluding hydrogens is 307 g/mol. The average molecular weight is 314 g/mol. The molecule has 0 bridgehead atoms. The minimum Gasteiger partial charge on any atom is -0.491 e. The Kier molecular flexibility index (Phi) is 4.40. The number of hydrogen-bond donors (Lipinski definition) is 0. The fourth-order valence-electron chi connectivity index (χ4n) is 0.736. The summed E-state index contributed by atoms with van der Waals surface area (Å²) in [4.78, 5) is 0. The Morgan fingerprint density at radius 3 is 2.83 bits per heavy atom. The molecule has 0 heterocycles. The van der Waals surface area contributed by atoms with E-state index in [0.717, 1.165) is 15.6 Å². The molecular formula is C8H7Br2ClO. The largest absolute Gasteiger partial charge is 0.491 e. The Hall–Kier alpha value is 0.270. The van der Waals surface area contributed by atoms with Crippen molar-refractivity contribution in [2.45, 2.75) is 0 Å². The maximum Gasteiger partial charge on any atom is 0.134 e. The van der Waals surface area contributed by atoms with Gasteiger partial charge in [-0.1, -0.05) is 27.5 Å². The van der Waals surface area contributed by atoms with Crippen molar-refractivity contribution in [2.24, 2.45) is 0 Å². The predicted molar refractivity (Wildman–Crippen MR) is 58.4 cm³/mol. The van der Waals surface area contributed by atoms with Crippen LogP contribution in [0.25, 0.3) is 0 Å². The van der Waals surface area contributed by atoms with E-state index in [-0.39, 0.29) is 0 Å². The number of alkyl halides is 1. The van der Waals surface area contributed by atoms with Crippen LogP contribution in [0, 0.1) is 0 Å². The Morgan fingerprint density at radius 1 is 1.42 bits per heavy atom. The third-order valence-electron chi connectivity index (χ3n) is 1.23. The standard InChI is InChI=1S/C8H7Br2ClO/c9-3-4-12-8-5-6(11)1-2-7(8)10/h1-2,5H,3-4H2. The second-order valence-electron chi connectivity index (χ2n) is 2.11. The van der Waals surface area contributed by atoms with E-state index >= 15 is 0 Å². The quantitative estimate of drug-likeness (QED) is 0.770. The summed E-state index contributed by atoms with van der Waals surface area (Å²) in [6, 6.07) is 5.47. The van der Waals surface area contributed by atoms with Gasteiger partial charge in [-0.3, -0.25) is 0 Å². The molecule has 4 heteroatoms. The van der Waals surface area contributed by atoms with E-state index in [1.54, 1.807) is 6.07 Å². The monoisotopic (exact) mass is 312 g/mol. The highest BCUT2D eigenvalue weighted by atomic mass is 79.9. The number of rotatable bonds is 3. The zero-order valence-corrected chi connectivity index (χ0v) is 10.1. The Balaban J connectivity index is 2.75. The van der Waals surface area contributed by atoms with Crippen molar-refractivity contribution in [3.63, 3.8) is 0 Å². The molecule has 1 aromatic carbocycles. The molecule has 0 aliphatic carbocycles. The predicted octanol–water partition coefficient (Wildman–Crippen LogP) is 3.88. The van der Waals surface area contributed by atoms with Gasteiger partial charge in [0.25, 0.3) is 0 Å². The van der Waals surface area contributed by atoms with Crippen LogP contribution in [-0.4, -0.2) is 11.9 Å². The topological polar surface area (TPSA) is 9.23 Å². The van der Waals surface area contributed by atoms with Gasteiger partial charge >= 0.3 is 0 Å². The van der Waals surface area contributed by atoms with E-state index in [9.17, 15) is 0 Å². The Bertz CT molecular complexity index is 265. The summed E-state index contributed by atoms with van der Waals surface area (Å²) < 4.78 is 6.31. The van der Waals surface area contributed by atoms with Gasteiger partial charge in [0.1, 0.15) is 5.75 Å². The van der Waals surface area contributed by atoms with Crippen LogP contribution in [0.1, 0.15) is 0 Å². The molecule has 0 radical (unpaired) electrons. The summed E-state index contributed by atoms with van der Waals surface area (Å²) in [5, 5.41) is 1.49. The fraction of sp³-hybridized carbons (Fsp3) is 0.250. The third-order valence-corrected chi connectivity index (χ3v) is 2.44. The summed E-state index contributed by atoms with van der Waals surface area (Å²) >= 11 is 12.4. The van der Waals surface area contributed by atoms with Crippen LogP contribution in [0.5, 0.6) is 5.75 Å². The van der Waals surface area contributed by atoms with E-state index in [1.165, 1.54) is 0 Å². The molecule has 1 nitrogen and oxygen atoms in total. The summed E-state index contributed by atoms with van der Waals surface area (Å²) in [6.07, 6.45) is 0. The number of benzene rings is 1. The van der Waals surface area contributed by atoms with Gasteiger partial charge in [-0.2, -0.15) is 0 Å². The van der Waals surface area contributed by atoms with Crippen LogP contribution in [0.3, 0.4) is 0 Å².